The first-order chi connectivity index (χ1) is 24.3. The molecule has 228 valence electrons. The van der Waals surface area contributed by atoms with Gasteiger partial charge in [0.15, 0.2) is 17.5 Å². The number of fused-ring (bicyclic) bond motifs is 8. The van der Waals surface area contributed by atoms with Gasteiger partial charge in [0.25, 0.3) is 0 Å². The summed E-state index contributed by atoms with van der Waals surface area (Å²) >= 11 is 0. The molecule has 0 aliphatic heterocycles. The number of rotatable bonds is 4. The summed E-state index contributed by atoms with van der Waals surface area (Å²) in [5.41, 5.74) is 6.69. The lowest BCUT2D eigenvalue weighted by Crippen LogP contribution is -2.00. The van der Waals surface area contributed by atoms with Gasteiger partial charge in [-0.25, -0.2) is 15.0 Å². The number of furan rings is 1. The minimum absolute atomic E-state index is 0.604. The summed E-state index contributed by atoms with van der Waals surface area (Å²) in [6.07, 6.45) is 3.81. The van der Waals surface area contributed by atoms with E-state index in [1.165, 1.54) is 32.5 Å². The molecule has 0 saturated carbocycles. The van der Waals surface area contributed by atoms with Crippen molar-refractivity contribution < 1.29 is 4.42 Å². The maximum Gasteiger partial charge on any atom is 0.164 e. The number of hydrogen-bond acceptors (Lipinski definition) is 5. The van der Waals surface area contributed by atoms with Gasteiger partial charge in [0.05, 0.1) is 0 Å². The highest BCUT2D eigenvalue weighted by Gasteiger charge is 2.18. The van der Waals surface area contributed by atoms with Gasteiger partial charge in [-0.05, 0) is 62.3 Å². The summed E-state index contributed by atoms with van der Waals surface area (Å²) in [5, 5.41) is 9.26. The number of nitrogens with zero attached hydrogens (tertiary/aromatic N) is 4. The van der Waals surface area contributed by atoms with Gasteiger partial charge >= 0.3 is 0 Å². The van der Waals surface area contributed by atoms with Crippen LogP contribution in [0.4, 0.5) is 0 Å². The molecule has 3 aromatic heterocycles. The van der Waals surface area contributed by atoms with Crippen LogP contribution in [0, 0.1) is 0 Å². The second-order valence-electron chi connectivity index (χ2n) is 12.3. The average molecular weight is 627 g/mol. The number of aromatic nitrogens is 4. The Morgan fingerprint density at radius 1 is 0.388 bits per heavy atom. The van der Waals surface area contributed by atoms with Crippen molar-refractivity contribution in [2.45, 2.75) is 0 Å². The van der Waals surface area contributed by atoms with Gasteiger partial charge in [-0.15, -0.1) is 0 Å². The van der Waals surface area contributed by atoms with Gasteiger partial charge in [0.1, 0.15) is 11.2 Å². The molecular weight excluding hydrogens is 601 g/mol. The van der Waals surface area contributed by atoms with E-state index in [1.54, 1.807) is 0 Å². The van der Waals surface area contributed by atoms with Crippen molar-refractivity contribution in [3.8, 4) is 45.3 Å². The van der Waals surface area contributed by atoms with E-state index in [0.717, 1.165) is 49.6 Å². The molecule has 10 rings (SSSR count). The van der Waals surface area contributed by atoms with E-state index in [1.807, 2.05) is 73.1 Å². The fourth-order valence-electron chi connectivity index (χ4n) is 7.11. The maximum atomic E-state index is 6.21. The van der Waals surface area contributed by atoms with Crippen molar-refractivity contribution in [2.24, 2.45) is 0 Å². The predicted octanol–water partition coefficient (Wildman–Crippen LogP) is 11.3. The highest BCUT2D eigenvalue weighted by molar-refractivity contribution is 6.23. The van der Waals surface area contributed by atoms with E-state index in [2.05, 4.69) is 89.9 Å². The molecule has 7 aromatic carbocycles. The molecule has 0 bridgehead atoms. The van der Waals surface area contributed by atoms with Crippen LogP contribution < -0.4 is 0 Å². The van der Waals surface area contributed by atoms with Gasteiger partial charge in [0.2, 0.25) is 0 Å². The Balaban J connectivity index is 1.15. The monoisotopic (exact) mass is 626 g/mol. The minimum atomic E-state index is 0.604. The highest BCUT2D eigenvalue weighted by atomic mass is 16.3. The molecule has 0 amide bonds. The van der Waals surface area contributed by atoms with Crippen molar-refractivity contribution in [3.05, 3.63) is 158 Å². The molecule has 0 aliphatic carbocycles. The smallest absolute Gasteiger partial charge is 0.164 e. The number of pyridine rings is 1. The summed E-state index contributed by atoms with van der Waals surface area (Å²) in [6, 6.07) is 50.2. The van der Waals surface area contributed by atoms with Crippen LogP contribution in [0.3, 0.4) is 0 Å². The maximum absolute atomic E-state index is 6.21. The van der Waals surface area contributed by atoms with Crippen LogP contribution in [0.15, 0.2) is 162 Å². The Kier molecular flexibility index (Phi) is 6.11. The third-order valence-corrected chi connectivity index (χ3v) is 9.41. The van der Waals surface area contributed by atoms with Crippen molar-refractivity contribution in [1.29, 1.82) is 0 Å². The Morgan fingerprint density at radius 3 is 1.92 bits per heavy atom. The van der Waals surface area contributed by atoms with Crippen molar-refractivity contribution >= 4 is 54.3 Å². The summed E-state index contributed by atoms with van der Waals surface area (Å²) in [4.78, 5) is 19.5. The molecular formula is C44H26N4O. The van der Waals surface area contributed by atoms with Crippen LogP contribution in [0.2, 0.25) is 0 Å². The second kappa shape index (κ2) is 10.9. The fraction of sp³-hybridized carbons (Fsp3) is 0. The fourth-order valence-corrected chi connectivity index (χ4v) is 7.11. The predicted molar refractivity (Wildman–Crippen MR) is 199 cm³/mol. The molecule has 3 heterocycles. The molecule has 0 N–H and O–H groups in total. The zero-order chi connectivity index (χ0) is 32.3. The third-order valence-electron chi connectivity index (χ3n) is 9.41. The SMILES string of the molecule is c1ccc(-c2nc(-c3ccc(-c4cc5ccccc5c5c4ccc4cnccc45)cc3)nc(-c3cccc4oc5ccccc5c34)n2)cc1. The average Bonchev–Trinajstić information content (AvgIpc) is 3.57. The van der Waals surface area contributed by atoms with E-state index in [9.17, 15) is 0 Å². The van der Waals surface area contributed by atoms with E-state index < -0.39 is 0 Å². The Bertz CT molecular complexity index is 2860. The first-order valence-corrected chi connectivity index (χ1v) is 16.3. The van der Waals surface area contributed by atoms with Crippen LogP contribution in [0.1, 0.15) is 0 Å². The van der Waals surface area contributed by atoms with Gasteiger partial charge in [-0.1, -0.05) is 121 Å². The van der Waals surface area contributed by atoms with Gasteiger partial charge in [0, 0.05) is 45.2 Å². The van der Waals surface area contributed by atoms with Crippen LogP contribution >= 0.6 is 0 Å². The Hall–Kier alpha value is -6.72. The molecule has 5 nitrogen and oxygen atoms in total. The van der Waals surface area contributed by atoms with Crippen molar-refractivity contribution in [1.82, 2.24) is 19.9 Å². The minimum Gasteiger partial charge on any atom is -0.456 e. The van der Waals surface area contributed by atoms with Gasteiger partial charge < -0.3 is 4.42 Å². The summed E-state index contributed by atoms with van der Waals surface area (Å²) in [6.45, 7) is 0. The zero-order valence-electron chi connectivity index (χ0n) is 26.2. The molecule has 5 heteroatoms. The Labute approximate surface area is 281 Å². The lowest BCUT2D eigenvalue weighted by molar-refractivity contribution is 0.669. The lowest BCUT2D eigenvalue weighted by Gasteiger charge is -2.14. The van der Waals surface area contributed by atoms with Crippen LogP contribution in [0.25, 0.3) is 99.5 Å². The highest BCUT2D eigenvalue weighted by Crippen LogP contribution is 2.40. The lowest BCUT2D eigenvalue weighted by atomic mass is 9.90. The van der Waals surface area contributed by atoms with Crippen molar-refractivity contribution in [3.63, 3.8) is 0 Å². The normalized spacial score (nSPS) is 11.7. The van der Waals surface area contributed by atoms with Gasteiger partial charge in [-0.2, -0.15) is 0 Å². The molecule has 0 spiro atoms. The second-order valence-corrected chi connectivity index (χ2v) is 12.3. The van der Waals surface area contributed by atoms with Crippen LogP contribution in [0.5, 0.6) is 0 Å². The van der Waals surface area contributed by atoms with E-state index in [0.29, 0.717) is 17.5 Å². The van der Waals surface area contributed by atoms with Crippen molar-refractivity contribution in [2.75, 3.05) is 0 Å². The topological polar surface area (TPSA) is 64.7 Å². The molecule has 0 radical (unpaired) electrons. The number of benzene rings is 7. The van der Waals surface area contributed by atoms with Crippen LogP contribution in [-0.2, 0) is 0 Å². The summed E-state index contributed by atoms with van der Waals surface area (Å²) in [5.74, 6) is 1.84. The Morgan fingerprint density at radius 2 is 1.06 bits per heavy atom. The quantitative estimate of drug-likeness (QED) is 0.182. The molecule has 10 aromatic rings. The van der Waals surface area contributed by atoms with Crippen LogP contribution in [-0.4, -0.2) is 19.9 Å². The largest absolute Gasteiger partial charge is 0.456 e. The van der Waals surface area contributed by atoms with Gasteiger partial charge in [-0.3, -0.25) is 4.98 Å². The third kappa shape index (κ3) is 4.48. The summed E-state index contributed by atoms with van der Waals surface area (Å²) in [7, 11) is 0. The molecule has 0 atom stereocenters. The van der Waals surface area contributed by atoms with E-state index >= 15 is 0 Å². The number of para-hydroxylation sites is 1. The van der Waals surface area contributed by atoms with E-state index in [-0.39, 0.29) is 0 Å². The first-order valence-electron chi connectivity index (χ1n) is 16.3. The molecule has 0 fully saturated rings. The number of hydrogen-bond donors (Lipinski definition) is 0. The molecule has 0 unspecified atom stereocenters. The summed E-state index contributed by atoms with van der Waals surface area (Å²) < 4.78 is 6.21. The molecule has 49 heavy (non-hydrogen) atoms. The van der Waals surface area contributed by atoms with E-state index in [4.69, 9.17) is 19.4 Å². The molecule has 0 aliphatic rings. The molecule has 0 saturated heterocycles. The first kappa shape index (κ1) is 27.4. The zero-order valence-corrected chi connectivity index (χ0v) is 26.2. The standard InChI is InChI=1S/C44H26N4O/c1-2-9-28(10-3-1)42-46-43(48-44(47-42)36-14-8-16-39-41(36)35-13-6-7-15-38(35)49-39)29-19-17-27(18-20-29)37-25-30-11-4-5-12-32(30)40-33-23-24-45-26-31(33)21-22-34(37)40/h1-26H.